The molecule has 16 heavy (non-hydrogen) atoms. The summed E-state index contributed by atoms with van der Waals surface area (Å²) < 4.78 is 0. The van der Waals surface area contributed by atoms with Gasteiger partial charge < -0.3 is 5.11 Å². The van der Waals surface area contributed by atoms with Crippen molar-refractivity contribution in [3.63, 3.8) is 0 Å². The third kappa shape index (κ3) is 1.78. The van der Waals surface area contributed by atoms with E-state index in [1.807, 2.05) is 25.1 Å². The highest BCUT2D eigenvalue weighted by Gasteiger charge is 2.37. The van der Waals surface area contributed by atoms with Crippen molar-refractivity contribution < 1.29 is 5.11 Å². The fraction of sp³-hybridized carbons (Fsp3) is 0.500. The van der Waals surface area contributed by atoms with Gasteiger partial charge in [-0.25, -0.2) is 0 Å². The number of rotatable bonds is 0. The molecule has 86 valence electrons. The van der Waals surface area contributed by atoms with Gasteiger partial charge >= 0.3 is 0 Å². The molecule has 1 aliphatic rings. The molecule has 0 amide bonds. The van der Waals surface area contributed by atoms with Crippen molar-refractivity contribution in [1.29, 1.82) is 0 Å². The fourth-order valence-electron chi connectivity index (χ4n) is 2.46. The SMILES string of the molecule is CC1=Nc2ccccc2C(C(C)(C)C)C1O. The van der Waals surface area contributed by atoms with Crippen LogP contribution in [0.2, 0.25) is 0 Å². The van der Waals surface area contributed by atoms with Gasteiger partial charge in [-0.05, 0) is 24.0 Å². The Hall–Kier alpha value is -1.15. The number of para-hydroxylation sites is 1. The molecule has 0 saturated carbocycles. The monoisotopic (exact) mass is 217 g/mol. The zero-order valence-corrected chi connectivity index (χ0v) is 10.4. The van der Waals surface area contributed by atoms with Gasteiger partial charge in [0.1, 0.15) is 0 Å². The predicted octanol–water partition coefficient (Wildman–Crippen LogP) is 3.28. The molecule has 0 radical (unpaired) electrons. The zero-order chi connectivity index (χ0) is 11.9. The molecule has 0 spiro atoms. The Labute approximate surface area is 97.0 Å². The number of nitrogens with zero attached hydrogens (tertiary/aromatic N) is 1. The maximum absolute atomic E-state index is 10.3. The second-order valence-corrected chi connectivity index (χ2v) is 5.60. The van der Waals surface area contributed by atoms with E-state index < -0.39 is 6.10 Å². The van der Waals surface area contributed by atoms with Gasteiger partial charge in [0.05, 0.1) is 11.8 Å². The van der Waals surface area contributed by atoms with E-state index in [0.717, 1.165) is 17.0 Å². The molecule has 2 heteroatoms. The maximum atomic E-state index is 10.3. The summed E-state index contributed by atoms with van der Waals surface area (Å²) in [5.74, 6) is 0.126. The minimum atomic E-state index is -0.463. The van der Waals surface area contributed by atoms with Crippen LogP contribution < -0.4 is 0 Å². The highest BCUT2D eigenvalue weighted by molar-refractivity contribution is 5.92. The van der Waals surface area contributed by atoms with E-state index in [1.165, 1.54) is 0 Å². The van der Waals surface area contributed by atoms with Gasteiger partial charge in [-0.1, -0.05) is 39.0 Å². The summed E-state index contributed by atoms with van der Waals surface area (Å²) in [7, 11) is 0. The van der Waals surface area contributed by atoms with Gasteiger partial charge in [0, 0.05) is 11.6 Å². The lowest BCUT2D eigenvalue weighted by Gasteiger charge is -2.38. The molecule has 2 rings (SSSR count). The lowest BCUT2D eigenvalue weighted by Crippen LogP contribution is -2.36. The summed E-state index contributed by atoms with van der Waals surface area (Å²) in [5.41, 5.74) is 3.02. The van der Waals surface area contributed by atoms with Crippen LogP contribution in [0.25, 0.3) is 0 Å². The Morgan fingerprint density at radius 3 is 2.44 bits per heavy atom. The van der Waals surface area contributed by atoms with Crippen molar-refractivity contribution >= 4 is 11.4 Å². The molecule has 0 saturated heterocycles. The second-order valence-electron chi connectivity index (χ2n) is 5.60. The van der Waals surface area contributed by atoms with Crippen molar-refractivity contribution in [1.82, 2.24) is 0 Å². The number of aliphatic hydroxyl groups excluding tert-OH is 1. The number of aliphatic hydroxyl groups is 1. The van der Waals surface area contributed by atoms with Crippen LogP contribution >= 0.6 is 0 Å². The Balaban J connectivity index is 2.58. The van der Waals surface area contributed by atoms with Crippen LogP contribution in [0.5, 0.6) is 0 Å². The molecule has 1 N–H and O–H groups in total. The average molecular weight is 217 g/mol. The first-order valence-corrected chi connectivity index (χ1v) is 5.73. The minimum Gasteiger partial charge on any atom is -0.387 e. The molecule has 1 heterocycles. The Morgan fingerprint density at radius 2 is 1.81 bits per heavy atom. The quantitative estimate of drug-likeness (QED) is 0.710. The lowest BCUT2D eigenvalue weighted by molar-refractivity contribution is 0.139. The normalized spacial score (nSPS) is 24.9. The molecule has 2 unspecified atom stereocenters. The molecule has 2 atom stereocenters. The third-order valence-corrected chi connectivity index (χ3v) is 3.25. The van der Waals surface area contributed by atoms with E-state index in [2.05, 4.69) is 31.8 Å². The van der Waals surface area contributed by atoms with Gasteiger partial charge in [-0.3, -0.25) is 4.99 Å². The van der Waals surface area contributed by atoms with Gasteiger partial charge in [-0.2, -0.15) is 0 Å². The van der Waals surface area contributed by atoms with Crippen LogP contribution in [0.15, 0.2) is 29.3 Å². The first-order chi connectivity index (χ1) is 7.41. The number of hydrogen-bond donors (Lipinski definition) is 1. The summed E-state index contributed by atoms with van der Waals surface area (Å²) in [5, 5.41) is 10.3. The van der Waals surface area contributed by atoms with Gasteiger partial charge in [0.2, 0.25) is 0 Å². The average Bonchev–Trinajstić information content (AvgIpc) is 2.17. The third-order valence-electron chi connectivity index (χ3n) is 3.25. The van der Waals surface area contributed by atoms with Gasteiger partial charge in [0.25, 0.3) is 0 Å². The smallest absolute Gasteiger partial charge is 0.0992 e. The molecule has 1 aliphatic heterocycles. The van der Waals surface area contributed by atoms with E-state index in [4.69, 9.17) is 0 Å². The lowest BCUT2D eigenvalue weighted by atomic mass is 9.71. The summed E-state index contributed by atoms with van der Waals surface area (Å²) in [4.78, 5) is 4.46. The van der Waals surface area contributed by atoms with E-state index in [0.29, 0.717) is 0 Å². The molecular weight excluding hydrogens is 198 g/mol. The largest absolute Gasteiger partial charge is 0.387 e. The van der Waals surface area contributed by atoms with Crippen LogP contribution in [-0.2, 0) is 0 Å². The highest BCUT2D eigenvalue weighted by atomic mass is 16.3. The van der Waals surface area contributed by atoms with E-state index in [1.54, 1.807) is 0 Å². The standard InChI is InChI=1S/C14H19NO/c1-9-13(16)12(14(2,3)4)10-7-5-6-8-11(10)15-9/h5-8,12-13,16H,1-4H3. The van der Waals surface area contributed by atoms with Crippen molar-refractivity contribution in [2.24, 2.45) is 10.4 Å². The zero-order valence-electron chi connectivity index (χ0n) is 10.4. The molecule has 0 aromatic heterocycles. The van der Waals surface area contributed by atoms with Crippen molar-refractivity contribution in [3.8, 4) is 0 Å². The summed E-state index contributed by atoms with van der Waals surface area (Å²) in [6, 6.07) is 8.10. The van der Waals surface area contributed by atoms with Crippen LogP contribution in [0.3, 0.4) is 0 Å². The number of fused-ring (bicyclic) bond motifs is 1. The first-order valence-electron chi connectivity index (χ1n) is 5.73. The summed E-state index contributed by atoms with van der Waals surface area (Å²) in [6.07, 6.45) is -0.463. The predicted molar refractivity (Wildman–Crippen MR) is 67.4 cm³/mol. The Bertz CT molecular complexity index is 429. The van der Waals surface area contributed by atoms with Crippen molar-refractivity contribution in [2.45, 2.75) is 39.7 Å². The molecule has 0 bridgehead atoms. The Kier molecular flexibility index (Phi) is 2.62. The van der Waals surface area contributed by atoms with Crippen LogP contribution in [0, 0.1) is 5.41 Å². The molecule has 0 fully saturated rings. The highest BCUT2D eigenvalue weighted by Crippen LogP contribution is 2.44. The maximum Gasteiger partial charge on any atom is 0.0992 e. The van der Waals surface area contributed by atoms with E-state index in [-0.39, 0.29) is 11.3 Å². The molecular formula is C14H19NO. The second kappa shape index (κ2) is 3.70. The molecule has 1 aromatic carbocycles. The summed E-state index contributed by atoms with van der Waals surface area (Å²) in [6.45, 7) is 8.39. The topological polar surface area (TPSA) is 32.6 Å². The summed E-state index contributed by atoms with van der Waals surface area (Å²) >= 11 is 0. The van der Waals surface area contributed by atoms with Crippen LogP contribution in [0.1, 0.15) is 39.2 Å². The van der Waals surface area contributed by atoms with Gasteiger partial charge in [-0.15, -0.1) is 0 Å². The van der Waals surface area contributed by atoms with Crippen molar-refractivity contribution in [2.75, 3.05) is 0 Å². The van der Waals surface area contributed by atoms with Gasteiger partial charge in [0.15, 0.2) is 0 Å². The minimum absolute atomic E-state index is 0.0344. The number of benzene rings is 1. The van der Waals surface area contributed by atoms with E-state index >= 15 is 0 Å². The number of hydrogen-bond acceptors (Lipinski definition) is 2. The molecule has 0 aliphatic carbocycles. The molecule has 1 aromatic rings. The fourth-order valence-corrected chi connectivity index (χ4v) is 2.46. The molecule has 2 nitrogen and oxygen atoms in total. The van der Waals surface area contributed by atoms with E-state index in [9.17, 15) is 5.11 Å². The van der Waals surface area contributed by atoms with Crippen LogP contribution in [0.4, 0.5) is 5.69 Å². The van der Waals surface area contributed by atoms with Crippen LogP contribution in [-0.4, -0.2) is 16.9 Å². The number of aliphatic imine (C=N–C) groups is 1. The van der Waals surface area contributed by atoms with Crippen molar-refractivity contribution in [3.05, 3.63) is 29.8 Å². The Morgan fingerprint density at radius 1 is 1.19 bits per heavy atom. The first kappa shape index (κ1) is 11.3.